The van der Waals surface area contributed by atoms with Crippen LogP contribution < -0.4 is 0 Å². The normalized spacial score (nSPS) is 10.8. The van der Waals surface area contributed by atoms with E-state index in [-0.39, 0.29) is 12.6 Å². The molecule has 0 rings (SSSR count). The van der Waals surface area contributed by atoms with E-state index < -0.39 is 0 Å². The van der Waals surface area contributed by atoms with Gasteiger partial charge in [0, 0.05) is 6.42 Å². The lowest BCUT2D eigenvalue weighted by atomic mass is 10.0. The first-order valence-electron chi connectivity index (χ1n) is 9.46. The molecule has 131 valence electrons. The van der Waals surface area contributed by atoms with Crippen molar-refractivity contribution in [3.63, 3.8) is 0 Å². The lowest BCUT2D eigenvalue weighted by Gasteiger charge is -2.03. The van der Waals surface area contributed by atoms with E-state index in [4.69, 9.17) is 0 Å². The standard InChI is InChI=1S/C19H37O3/c1-22-19(21)17-15-13-11-9-7-5-3-2-4-6-8-10-12-14-16-18-20/h2-18H2,1H3. The molecule has 0 saturated heterocycles. The van der Waals surface area contributed by atoms with Crippen molar-refractivity contribution in [2.75, 3.05) is 13.7 Å². The summed E-state index contributed by atoms with van der Waals surface area (Å²) in [6, 6.07) is 0. The zero-order valence-electron chi connectivity index (χ0n) is 14.7. The van der Waals surface area contributed by atoms with E-state index in [1.54, 1.807) is 0 Å². The van der Waals surface area contributed by atoms with Crippen LogP contribution >= 0.6 is 0 Å². The Morgan fingerprint density at radius 1 is 0.591 bits per heavy atom. The fraction of sp³-hybridized carbons (Fsp3) is 0.947. The molecule has 0 unspecified atom stereocenters. The maximum Gasteiger partial charge on any atom is 0.305 e. The molecular weight excluding hydrogens is 276 g/mol. The number of unbranched alkanes of at least 4 members (excludes halogenated alkanes) is 14. The highest BCUT2D eigenvalue weighted by atomic mass is 16.5. The minimum absolute atomic E-state index is 0.0783. The Labute approximate surface area is 137 Å². The molecule has 0 heterocycles. The summed E-state index contributed by atoms with van der Waals surface area (Å²) >= 11 is 0. The summed E-state index contributed by atoms with van der Waals surface area (Å²) in [4.78, 5) is 10.9. The molecule has 3 nitrogen and oxygen atoms in total. The number of hydrogen-bond acceptors (Lipinski definition) is 2. The number of esters is 1. The first-order valence-corrected chi connectivity index (χ1v) is 9.46. The summed E-state index contributed by atoms with van der Waals surface area (Å²) in [5.74, 6) is -0.0783. The van der Waals surface area contributed by atoms with E-state index in [2.05, 4.69) is 4.74 Å². The van der Waals surface area contributed by atoms with Gasteiger partial charge in [0.2, 0.25) is 0 Å². The average molecular weight is 314 g/mol. The first-order chi connectivity index (χ1) is 10.8. The Kier molecular flexibility index (Phi) is 18.0. The second-order valence-electron chi connectivity index (χ2n) is 6.33. The van der Waals surface area contributed by atoms with Gasteiger partial charge in [0.05, 0.1) is 13.7 Å². The van der Waals surface area contributed by atoms with Crippen molar-refractivity contribution in [2.24, 2.45) is 0 Å². The zero-order chi connectivity index (χ0) is 16.3. The lowest BCUT2D eigenvalue weighted by molar-refractivity contribution is -0.140. The van der Waals surface area contributed by atoms with Gasteiger partial charge in [-0.25, -0.2) is 5.11 Å². The molecular formula is C19H37O3. The van der Waals surface area contributed by atoms with Gasteiger partial charge in [-0.05, 0) is 12.8 Å². The smallest absolute Gasteiger partial charge is 0.305 e. The molecule has 0 amide bonds. The molecule has 0 fully saturated rings. The fourth-order valence-electron chi connectivity index (χ4n) is 2.77. The SMILES string of the molecule is COC(=O)CCCCCCCCCCCCCCCCC[O]. The first kappa shape index (κ1) is 21.4. The van der Waals surface area contributed by atoms with Gasteiger partial charge < -0.3 is 4.74 Å². The molecule has 0 bridgehead atoms. The Balaban J connectivity index is 2.98. The van der Waals surface area contributed by atoms with Crippen LogP contribution in [0.1, 0.15) is 103 Å². The number of hydrogen-bond donors (Lipinski definition) is 0. The van der Waals surface area contributed by atoms with Crippen molar-refractivity contribution in [1.29, 1.82) is 0 Å². The van der Waals surface area contributed by atoms with Gasteiger partial charge in [-0.15, -0.1) is 0 Å². The average Bonchev–Trinajstić information content (AvgIpc) is 2.54. The Bertz CT molecular complexity index is 229. The molecule has 0 aliphatic rings. The van der Waals surface area contributed by atoms with Crippen LogP contribution in [0, 0.1) is 0 Å². The zero-order valence-corrected chi connectivity index (χ0v) is 14.7. The largest absolute Gasteiger partial charge is 0.469 e. The van der Waals surface area contributed by atoms with Crippen molar-refractivity contribution in [1.82, 2.24) is 0 Å². The van der Waals surface area contributed by atoms with Crippen molar-refractivity contribution >= 4 is 5.97 Å². The van der Waals surface area contributed by atoms with Gasteiger partial charge in [-0.1, -0.05) is 83.5 Å². The van der Waals surface area contributed by atoms with E-state index in [9.17, 15) is 9.90 Å². The number of carbonyl (C=O) groups excluding carboxylic acids is 1. The van der Waals surface area contributed by atoms with E-state index in [0.29, 0.717) is 6.42 Å². The summed E-state index contributed by atoms with van der Waals surface area (Å²) in [7, 11) is 1.46. The molecule has 0 aliphatic heterocycles. The maximum absolute atomic E-state index is 10.9. The second kappa shape index (κ2) is 18.5. The predicted molar refractivity (Wildman–Crippen MR) is 91.4 cm³/mol. The summed E-state index contributed by atoms with van der Waals surface area (Å²) in [6.45, 7) is 0.102. The molecule has 0 aromatic heterocycles. The predicted octanol–water partition coefficient (Wildman–Crippen LogP) is 5.83. The topological polar surface area (TPSA) is 46.2 Å². The monoisotopic (exact) mass is 313 g/mol. The van der Waals surface area contributed by atoms with Crippen LogP contribution in [0.3, 0.4) is 0 Å². The summed E-state index contributed by atoms with van der Waals surface area (Å²) < 4.78 is 4.62. The van der Waals surface area contributed by atoms with Crippen LogP contribution in [0.15, 0.2) is 0 Å². The van der Waals surface area contributed by atoms with Crippen molar-refractivity contribution in [3.05, 3.63) is 0 Å². The van der Waals surface area contributed by atoms with Gasteiger partial charge in [-0.3, -0.25) is 4.79 Å². The molecule has 0 atom stereocenters. The van der Waals surface area contributed by atoms with Crippen LogP contribution in [-0.2, 0) is 14.6 Å². The van der Waals surface area contributed by atoms with Gasteiger partial charge in [0.1, 0.15) is 0 Å². The number of methoxy groups -OCH3 is 1. The third-order valence-corrected chi connectivity index (χ3v) is 4.25. The Morgan fingerprint density at radius 3 is 1.23 bits per heavy atom. The second-order valence-corrected chi connectivity index (χ2v) is 6.33. The minimum Gasteiger partial charge on any atom is -0.469 e. The molecule has 0 aliphatic carbocycles. The molecule has 3 heteroatoms. The number of rotatable bonds is 17. The molecule has 0 N–H and O–H groups in total. The summed E-state index contributed by atoms with van der Waals surface area (Å²) in [6.07, 6.45) is 19.4. The Hall–Kier alpha value is -0.570. The molecule has 22 heavy (non-hydrogen) atoms. The summed E-state index contributed by atoms with van der Waals surface area (Å²) in [5, 5.41) is 10.3. The maximum atomic E-state index is 10.9. The highest BCUT2D eigenvalue weighted by Gasteiger charge is 1.99. The third kappa shape index (κ3) is 17.5. The highest BCUT2D eigenvalue weighted by molar-refractivity contribution is 5.68. The third-order valence-electron chi connectivity index (χ3n) is 4.25. The summed E-state index contributed by atoms with van der Waals surface area (Å²) in [5.41, 5.74) is 0. The lowest BCUT2D eigenvalue weighted by Crippen LogP contribution is -1.99. The van der Waals surface area contributed by atoms with Gasteiger partial charge in [0.25, 0.3) is 0 Å². The highest BCUT2D eigenvalue weighted by Crippen LogP contribution is 2.13. The van der Waals surface area contributed by atoms with E-state index in [1.807, 2.05) is 0 Å². The molecule has 0 saturated carbocycles. The van der Waals surface area contributed by atoms with Gasteiger partial charge >= 0.3 is 5.97 Å². The number of carbonyl (C=O) groups is 1. The fourth-order valence-corrected chi connectivity index (χ4v) is 2.77. The molecule has 0 aromatic rings. The van der Waals surface area contributed by atoms with Crippen LogP contribution in [0.2, 0.25) is 0 Å². The number of ether oxygens (including phenoxy) is 1. The van der Waals surface area contributed by atoms with Gasteiger partial charge in [-0.2, -0.15) is 0 Å². The van der Waals surface area contributed by atoms with Crippen LogP contribution in [-0.4, -0.2) is 19.7 Å². The van der Waals surface area contributed by atoms with Crippen LogP contribution in [0.5, 0.6) is 0 Å². The van der Waals surface area contributed by atoms with E-state index in [0.717, 1.165) is 25.7 Å². The van der Waals surface area contributed by atoms with E-state index in [1.165, 1.54) is 77.7 Å². The van der Waals surface area contributed by atoms with E-state index >= 15 is 0 Å². The van der Waals surface area contributed by atoms with Crippen LogP contribution in [0.25, 0.3) is 0 Å². The molecule has 0 spiro atoms. The quantitative estimate of drug-likeness (QED) is 0.250. The van der Waals surface area contributed by atoms with Crippen molar-refractivity contribution in [2.45, 2.75) is 103 Å². The molecule has 1 radical (unpaired) electrons. The molecule has 0 aromatic carbocycles. The van der Waals surface area contributed by atoms with Crippen molar-refractivity contribution in [3.8, 4) is 0 Å². The Morgan fingerprint density at radius 2 is 0.909 bits per heavy atom. The van der Waals surface area contributed by atoms with Crippen LogP contribution in [0.4, 0.5) is 0 Å². The minimum atomic E-state index is -0.0783. The van der Waals surface area contributed by atoms with Crippen molar-refractivity contribution < 1.29 is 14.6 Å². The van der Waals surface area contributed by atoms with Gasteiger partial charge in [0.15, 0.2) is 0 Å².